The molecule has 1 saturated heterocycles. The van der Waals surface area contributed by atoms with E-state index in [0.717, 1.165) is 32.6 Å². The zero-order valence-electron chi connectivity index (χ0n) is 10.8. The summed E-state index contributed by atoms with van der Waals surface area (Å²) in [5.41, 5.74) is 0.161. The highest BCUT2D eigenvalue weighted by molar-refractivity contribution is 6.29. The van der Waals surface area contributed by atoms with Crippen LogP contribution in [-0.4, -0.2) is 42.9 Å². The lowest BCUT2D eigenvalue weighted by molar-refractivity contribution is 0.0685. The molecule has 0 radical (unpaired) electrons. The Kier molecular flexibility index (Phi) is 4.61. The Morgan fingerprint density at radius 1 is 1.53 bits per heavy atom. The predicted octanol–water partition coefficient (Wildman–Crippen LogP) is 2.30. The van der Waals surface area contributed by atoms with E-state index in [1.54, 1.807) is 6.07 Å². The van der Waals surface area contributed by atoms with Crippen LogP contribution in [0.15, 0.2) is 12.1 Å². The molecule has 0 spiro atoms. The summed E-state index contributed by atoms with van der Waals surface area (Å²) >= 11 is 5.86. The fraction of sp³-hybridized carbons (Fsp3) is 0.538. The van der Waals surface area contributed by atoms with Crippen LogP contribution in [0.3, 0.4) is 0 Å². The fourth-order valence-electron chi connectivity index (χ4n) is 2.21. The highest BCUT2D eigenvalue weighted by Gasteiger charge is 2.17. The number of ether oxygens (including phenoxy) is 1. The lowest BCUT2D eigenvalue weighted by Gasteiger charge is -2.28. The minimum Gasteiger partial charge on any atom is -0.478 e. The average molecular weight is 285 g/mol. The van der Waals surface area contributed by atoms with Gasteiger partial charge in [0.1, 0.15) is 11.0 Å². The molecule has 5 nitrogen and oxygen atoms in total. The lowest BCUT2D eigenvalue weighted by atomic mass is 10.00. The highest BCUT2D eigenvalue weighted by atomic mass is 35.5. The van der Waals surface area contributed by atoms with Crippen molar-refractivity contribution in [3.63, 3.8) is 0 Å². The van der Waals surface area contributed by atoms with Gasteiger partial charge in [0.15, 0.2) is 0 Å². The molecule has 2 rings (SSSR count). The quantitative estimate of drug-likeness (QED) is 0.860. The van der Waals surface area contributed by atoms with Crippen LogP contribution >= 0.6 is 11.6 Å². The molecular formula is C13H17ClN2O3. The van der Waals surface area contributed by atoms with Gasteiger partial charge in [-0.2, -0.15) is 0 Å². The zero-order valence-corrected chi connectivity index (χ0v) is 11.6. The number of aromatic carboxylic acids is 1. The molecule has 19 heavy (non-hydrogen) atoms. The summed E-state index contributed by atoms with van der Waals surface area (Å²) in [6.07, 6.45) is 2.05. The van der Waals surface area contributed by atoms with Crippen molar-refractivity contribution in [2.45, 2.75) is 12.8 Å². The van der Waals surface area contributed by atoms with Crippen molar-refractivity contribution in [3.8, 4) is 0 Å². The Morgan fingerprint density at radius 3 is 2.84 bits per heavy atom. The average Bonchev–Trinajstić information content (AvgIpc) is 2.39. The summed E-state index contributed by atoms with van der Waals surface area (Å²) in [7, 11) is 1.90. The summed E-state index contributed by atoms with van der Waals surface area (Å²) in [6, 6.07) is 2.91. The predicted molar refractivity (Wildman–Crippen MR) is 73.0 cm³/mol. The minimum absolute atomic E-state index is 0.161. The van der Waals surface area contributed by atoms with Gasteiger partial charge in [0.05, 0.1) is 5.56 Å². The Morgan fingerprint density at radius 2 is 2.21 bits per heavy atom. The molecule has 0 amide bonds. The number of rotatable bonds is 4. The summed E-state index contributed by atoms with van der Waals surface area (Å²) in [5, 5.41) is 9.22. The van der Waals surface area contributed by atoms with Gasteiger partial charge < -0.3 is 14.7 Å². The largest absolute Gasteiger partial charge is 0.478 e. The van der Waals surface area contributed by atoms with Gasteiger partial charge in [0, 0.05) is 26.8 Å². The number of pyridine rings is 1. The molecule has 1 aliphatic heterocycles. The molecule has 0 bridgehead atoms. The van der Waals surface area contributed by atoms with Gasteiger partial charge in [-0.05, 0) is 30.9 Å². The Hall–Kier alpha value is -1.33. The normalized spacial score (nSPS) is 16.3. The van der Waals surface area contributed by atoms with Crippen LogP contribution in [0.25, 0.3) is 0 Å². The summed E-state index contributed by atoms with van der Waals surface area (Å²) in [6.45, 7) is 2.42. The van der Waals surface area contributed by atoms with Crippen molar-refractivity contribution in [1.82, 2.24) is 4.98 Å². The van der Waals surface area contributed by atoms with Crippen LogP contribution in [0.1, 0.15) is 23.2 Å². The molecule has 0 atom stereocenters. The molecular weight excluding hydrogens is 268 g/mol. The van der Waals surface area contributed by atoms with Gasteiger partial charge in [0.2, 0.25) is 0 Å². The summed E-state index contributed by atoms with van der Waals surface area (Å²) in [5.74, 6) is 0.147. The molecule has 6 heteroatoms. The highest BCUT2D eigenvalue weighted by Crippen LogP contribution is 2.21. The number of carboxylic acid groups (broad SMARTS) is 1. The van der Waals surface area contributed by atoms with Crippen LogP contribution in [0.2, 0.25) is 5.15 Å². The molecule has 1 N–H and O–H groups in total. The minimum atomic E-state index is -0.995. The van der Waals surface area contributed by atoms with Crippen LogP contribution in [0.5, 0.6) is 0 Å². The second-order valence-electron chi connectivity index (χ2n) is 4.78. The number of aromatic nitrogens is 1. The third-order valence-electron chi connectivity index (χ3n) is 3.29. The van der Waals surface area contributed by atoms with E-state index in [1.807, 2.05) is 11.9 Å². The van der Waals surface area contributed by atoms with E-state index < -0.39 is 5.97 Å². The first-order valence-electron chi connectivity index (χ1n) is 6.26. The van der Waals surface area contributed by atoms with Crippen LogP contribution in [0.4, 0.5) is 5.82 Å². The van der Waals surface area contributed by atoms with Crippen molar-refractivity contribution >= 4 is 23.4 Å². The molecule has 0 unspecified atom stereocenters. The third kappa shape index (κ3) is 3.81. The van der Waals surface area contributed by atoms with Crippen LogP contribution < -0.4 is 4.90 Å². The van der Waals surface area contributed by atoms with Crippen molar-refractivity contribution in [2.75, 3.05) is 31.7 Å². The van der Waals surface area contributed by atoms with E-state index >= 15 is 0 Å². The molecule has 2 heterocycles. The van der Waals surface area contributed by atoms with E-state index in [0.29, 0.717) is 11.7 Å². The number of hydrogen-bond donors (Lipinski definition) is 1. The van der Waals surface area contributed by atoms with E-state index in [1.165, 1.54) is 6.07 Å². The lowest BCUT2D eigenvalue weighted by Crippen LogP contribution is -2.30. The van der Waals surface area contributed by atoms with Gasteiger partial charge in [0.25, 0.3) is 0 Å². The SMILES string of the molecule is CN(CC1CCOCC1)c1cc(C(=O)O)cc(Cl)n1. The monoisotopic (exact) mass is 284 g/mol. The number of hydrogen-bond acceptors (Lipinski definition) is 4. The Labute approximate surface area is 117 Å². The zero-order chi connectivity index (χ0) is 13.8. The molecule has 104 valence electrons. The van der Waals surface area contributed by atoms with Crippen molar-refractivity contribution in [3.05, 3.63) is 22.8 Å². The standard InChI is InChI=1S/C13H17ClN2O3/c1-16(8-9-2-4-19-5-3-9)12-7-10(13(17)18)6-11(14)15-12/h6-7,9H,2-5,8H2,1H3,(H,17,18). The first-order chi connectivity index (χ1) is 9.06. The summed E-state index contributed by atoms with van der Waals surface area (Å²) < 4.78 is 5.32. The smallest absolute Gasteiger partial charge is 0.335 e. The first kappa shape index (κ1) is 14.1. The van der Waals surface area contributed by atoms with Gasteiger partial charge in [-0.15, -0.1) is 0 Å². The van der Waals surface area contributed by atoms with Gasteiger partial charge in [-0.1, -0.05) is 11.6 Å². The fourth-order valence-corrected chi connectivity index (χ4v) is 2.42. The summed E-state index contributed by atoms with van der Waals surface area (Å²) in [4.78, 5) is 17.1. The maximum absolute atomic E-state index is 11.0. The second-order valence-corrected chi connectivity index (χ2v) is 5.17. The van der Waals surface area contributed by atoms with Crippen molar-refractivity contribution in [2.24, 2.45) is 5.92 Å². The number of carbonyl (C=O) groups is 1. The van der Waals surface area contributed by atoms with E-state index in [9.17, 15) is 4.79 Å². The number of carboxylic acids is 1. The van der Waals surface area contributed by atoms with Gasteiger partial charge >= 0.3 is 5.97 Å². The molecule has 0 aromatic carbocycles. The Bertz CT molecular complexity index is 461. The van der Waals surface area contributed by atoms with Gasteiger partial charge in [-0.3, -0.25) is 0 Å². The molecule has 1 aliphatic rings. The van der Waals surface area contributed by atoms with E-state index in [2.05, 4.69) is 4.98 Å². The maximum atomic E-state index is 11.0. The van der Waals surface area contributed by atoms with E-state index in [4.69, 9.17) is 21.4 Å². The number of anilines is 1. The van der Waals surface area contributed by atoms with Crippen molar-refractivity contribution < 1.29 is 14.6 Å². The van der Waals surface area contributed by atoms with Crippen LogP contribution in [0, 0.1) is 5.92 Å². The number of halogens is 1. The Balaban J connectivity index is 2.09. The van der Waals surface area contributed by atoms with Crippen LogP contribution in [-0.2, 0) is 4.74 Å². The van der Waals surface area contributed by atoms with Crippen molar-refractivity contribution in [1.29, 1.82) is 0 Å². The van der Waals surface area contributed by atoms with Gasteiger partial charge in [-0.25, -0.2) is 9.78 Å². The maximum Gasteiger partial charge on any atom is 0.335 e. The molecule has 1 aromatic heterocycles. The first-order valence-corrected chi connectivity index (χ1v) is 6.64. The number of nitrogens with zero attached hydrogens (tertiary/aromatic N) is 2. The topological polar surface area (TPSA) is 62.7 Å². The molecule has 0 saturated carbocycles. The molecule has 1 fully saturated rings. The second kappa shape index (κ2) is 6.21. The van der Waals surface area contributed by atoms with E-state index in [-0.39, 0.29) is 10.7 Å². The molecule has 0 aliphatic carbocycles. The molecule has 1 aromatic rings. The third-order valence-corrected chi connectivity index (χ3v) is 3.49.